The molecule has 2 aromatic heterocycles. The van der Waals surface area contributed by atoms with Crippen LogP contribution in [-0.2, 0) is 0 Å². The van der Waals surface area contributed by atoms with E-state index in [1.165, 1.54) is 22.2 Å². The van der Waals surface area contributed by atoms with Gasteiger partial charge in [0.05, 0.1) is 11.9 Å². The van der Waals surface area contributed by atoms with Crippen molar-refractivity contribution in [3.8, 4) is 11.5 Å². The van der Waals surface area contributed by atoms with E-state index in [4.69, 9.17) is 9.47 Å². The molecule has 0 bridgehead atoms. The van der Waals surface area contributed by atoms with Crippen LogP contribution in [0.3, 0.4) is 0 Å². The predicted molar refractivity (Wildman–Crippen MR) is 107 cm³/mol. The lowest BCUT2D eigenvalue weighted by atomic mass is 10.0. The third kappa shape index (κ3) is 2.95. The van der Waals surface area contributed by atoms with Crippen molar-refractivity contribution in [2.75, 3.05) is 24.8 Å². The van der Waals surface area contributed by atoms with E-state index >= 15 is 0 Å². The largest absolute Gasteiger partial charge is 0.454 e. The molecule has 0 aliphatic carbocycles. The molecule has 0 unspecified atom stereocenters. The van der Waals surface area contributed by atoms with Gasteiger partial charge in [-0.15, -0.1) is 0 Å². The number of hydrogen-bond acceptors (Lipinski definition) is 4. The molecular weight excluding hydrogens is 338 g/mol. The Labute approximate surface area is 157 Å². The monoisotopic (exact) mass is 359 g/mol. The van der Waals surface area contributed by atoms with Crippen molar-refractivity contribution in [3.05, 3.63) is 65.5 Å². The molecule has 0 atom stereocenters. The molecule has 0 amide bonds. The van der Waals surface area contributed by atoms with E-state index in [2.05, 4.69) is 52.2 Å². The summed E-state index contributed by atoms with van der Waals surface area (Å²) >= 11 is 0. The quantitative estimate of drug-likeness (QED) is 0.751. The Hall–Kier alpha value is -3.21. The van der Waals surface area contributed by atoms with E-state index in [0.717, 1.165) is 42.2 Å². The summed E-state index contributed by atoms with van der Waals surface area (Å²) in [5, 5.41) is 1.20. The molecule has 2 aliphatic heterocycles. The minimum Gasteiger partial charge on any atom is -0.454 e. The number of nitrogens with one attached hydrogen (secondary N) is 1. The van der Waals surface area contributed by atoms with Gasteiger partial charge in [0.25, 0.3) is 0 Å². The van der Waals surface area contributed by atoms with Gasteiger partial charge < -0.3 is 19.4 Å². The lowest BCUT2D eigenvalue weighted by Crippen LogP contribution is -2.29. The highest BCUT2D eigenvalue weighted by Gasteiger charge is 2.16. The summed E-state index contributed by atoms with van der Waals surface area (Å²) in [4.78, 5) is 10.1. The van der Waals surface area contributed by atoms with Gasteiger partial charge in [-0.25, -0.2) is 4.98 Å². The molecule has 3 aromatic rings. The fraction of sp³-hybridized carbons (Fsp3) is 0.227. The number of pyridine rings is 1. The van der Waals surface area contributed by atoms with E-state index in [0.29, 0.717) is 6.79 Å². The highest BCUT2D eigenvalue weighted by Crippen LogP contribution is 2.33. The molecule has 0 radical (unpaired) electrons. The first-order valence-electron chi connectivity index (χ1n) is 9.22. The smallest absolute Gasteiger partial charge is 0.231 e. The molecule has 0 saturated heterocycles. The Morgan fingerprint density at radius 3 is 2.96 bits per heavy atom. The number of aryl methyl sites for hydroxylation is 1. The summed E-state index contributed by atoms with van der Waals surface area (Å²) in [5.74, 6) is 1.65. The van der Waals surface area contributed by atoms with Crippen LogP contribution in [0.25, 0.3) is 17.1 Å². The maximum atomic E-state index is 5.44. The zero-order valence-electron chi connectivity index (χ0n) is 15.2. The number of fused-ring (bicyclic) bond motifs is 2. The second-order valence-corrected chi connectivity index (χ2v) is 6.93. The van der Waals surface area contributed by atoms with E-state index in [1.54, 1.807) is 0 Å². The molecule has 0 fully saturated rings. The highest BCUT2D eigenvalue weighted by molar-refractivity contribution is 5.84. The molecule has 2 aliphatic rings. The Kier molecular flexibility index (Phi) is 3.85. The number of ether oxygens (including phenoxy) is 2. The van der Waals surface area contributed by atoms with Gasteiger partial charge in [0, 0.05) is 24.7 Å². The van der Waals surface area contributed by atoms with Crippen molar-refractivity contribution in [3.63, 3.8) is 0 Å². The minimum atomic E-state index is 0.312. The minimum absolute atomic E-state index is 0.312. The zero-order valence-corrected chi connectivity index (χ0v) is 15.2. The van der Waals surface area contributed by atoms with E-state index in [9.17, 15) is 0 Å². The third-order valence-electron chi connectivity index (χ3n) is 5.30. The van der Waals surface area contributed by atoms with Gasteiger partial charge in [0.1, 0.15) is 5.65 Å². The fourth-order valence-corrected chi connectivity index (χ4v) is 3.72. The topological polar surface area (TPSA) is 50.4 Å². The van der Waals surface area contributed by atoms with Crippen molar-refractivity contribution in [2.24, 2.45) is 0 Å². The number of anilines is 1. The van der Waals surface area contributed by atoms with Crippen LogP contribution < -0.4 is 14.4 Å². The molecular formula is C22H21N3O2. The summed E-state index contributed by atoms with van der Waals surface area (Å²) < 4.78 is 10.8. The lowest BCUT2D eigenvalue weighted by molar-refractivity contribution is 0.174. The molecule has 5 heteroatoms. The van der Waals surface area contributed by atoms with Crippen LogP contribution in [0.5, 0.6) is 11.5 Å². The first kappa shape index (κ1) is 16.0. The Balaban J connectivity index is 1.31. The van der Waals surface area contributed by atoms with Gasteiger partial charge >= 0.3 is 0 Å². The zero-order chi connectivity index (χ0) is 18.2. The predicted octanol–water partition coefficient (Wildman–Crippen LogP) is 4.45. The first-order valence-corrected chi connectivity index (χ1v) is 9.22. The average molecular weight is 359 g/mol. The number of allylic oxidation sites excluding steroid dienone is 1. The molecule has 1 aromatic carbocycles. The normalized spacial score (nSPS) is 16.3. The average Bonchev–Trinajstić information content (AvgIpc) is 3.36. The summed E-state index contributed by atoms with van der Waals surface area (Å²) in [7, 11) is 0. The Bertz CT molecular complexity index is 1060. The molecule has 0 spiro atoms. The van der Waals surface area contributed by atoms with Gasteiger partial charge in [-0.3, -0.25) is 0 Å². The summed E-state index contributed by atoms with van der Waals surface area (Å²) in [6.45, 7) is 4.38. The fourth-order valence-electron chi connectivity index (χ4n) is 3.72. The van der Waals surface area contributed by atoms with Gasteiger partial charge in [-0.1, -0.05) is 24.3 Å². The van der Waals surface area contributed by atoms with Gasteiger partial charge in [-0.05, 0) is 48.2 Å². The number of nitrogens with zero attached hydrogens (tertiary/aromatic N) is 2. The van der Waals surface area contributed by atoms with Crippen LogP contribution in [0.1, 0.15) is 17.5 Å². The molecule has 0 saturated carbocycles. The highest BCUT2D eigenvalue weighted by atomic mass is 16.7. The van der Waals surface area contributed by atoms with E-state index in [-0.39, 0.29) is 0 Å². The van der Waals surface area contributed by atoms with Crippen molar-refractivity contribution >= 4 is 22.8 Å². The summed E-state index contributed by atoms with van der Waals surface area (Å²) in [5.41, 5.74) is 5.94. The van der Waals surface area contributed by atoms with Gasteiger partial charge in [0.15, 0.2) is 11.5 Å². The molecule has 5 rings (SSSR count). The number of benzene rings is 1. The number of aromatic amines is 1. The Morgan fingerprint density at radius 1 is 1.15 bits per heavy atom. The molecule has 4 heterocycles. The SMILES string of the molecule is Cc1c(N2CC=C(C=Cc3ccc4c(c3)OCO4)CC2)cnc2[nH]ccc12. The molecule has 1 N–H and O–H groups in total. The van der Waals surface area contributed by atoms with Crippen LogP contribution in [0.4, 0.5) is 5.69 Å². The maximum absolute atomic E-state index is 5.44. The van der Waals surface area contributed by atoms with Crippen molar-refractivity contribution in [2.45, 2.75) is 13.3 Å². The molecule has 5 nitrogen and oxygen atoms in total. The molecule has 27 heavy (non-hydrogen) atoms. The Morgan fingerprint density at radius 2 is 2.07 bits per heavy atom. The number of aromatic nitrogens is 2. The third-order valence-corrected chi connectivity index (χ3v) is 5.30. The van der Waals surface area contributed by atoms with Crippen LogP contribution in [-0.4, -0.2) is 29.9 Å². The lowest BCUT2D eigenvalue weighted by Gasteiger charge is -2.29. The number of rotatable bonds is 3. The second kappa shape index (κ2) is 6.50. The van der Waals surface area contributed by atoms with Crippen LogP contribution >= 0.6 is 0 Å². The van der Waals surface area contributed by atoms with Crippen LogP contribution in [0.2, 0.25) is 0 Å². The van der Waals surface area contributed by atoms with Crippen molar-refractivity contribution in [1.29, 1.82) is 0 Å². The second-order valence-electron chi connectivity index (χ2n) is 6.93. The molecule has 136 valence electrons. The van der Waals surface area contributed by atoms with Crippen LogP contribution in [0.15, 0.2) is 54.4 Å². The number of H-pyrrole nitrogens is 1. The van der Waals surface area contributed by atoms with E-state index < -0.39 is 0 Å². The number of hydrogen-bond donors (Lipinski definition) is 1. The maximum Gasteiger partial charge on any atom is 0.231 e. The van der Waals surface area contributed by atoms with E-state index in [1.807, 2.05) is 24.5 Å². The summed E-state index contributed by atoms with van der Waals surface area (Å²) in [6.07, 6.45) is 11.6. The van der Waals surface area contributed by atoms with Gasteiger partial charge in [0.2, 0.25) is 6.79 Å². The van der Waals surface area contributed by atoms with Gasteiger partial charge in [-0.2, -0.15) is 0 Å². The van der Waals surface area contributed by atoms with Crippen molar-refractivity contribution < 1.29 is 9.47 Å². The standard InChI is InChI=1S/C22H21N3O2/c1-15-18-6-9-23-22(18)24-13-19(15)25-10-7-16(8-11-25)2-3-17-4-5-20-21(12-17)27-14-26-20/h2-7,9,12-13H,8,10-11,14H2,1H3,(H,23,24). The first-order chi connectivity index (χ1) is 13.3. The summed E-state index contributed by atoms with van der Waals surface area (Å²) in [6, 6.07) is 8.14. The van der Waals surface area contributed by atoms with Crippen LogP contribution in [0, 0.1) is 6.92 Å². The van der Waals surface area contributed by atoms with Crippen molar-refractivity contribution in [1.82, 2.24) is 9.97 Å².